The van der Waals surface area contributed by atoms with Crippen LogP contribution < -0.4 is 0 Å². The van der Waals surface area contributed by atoms with Crippen LogP contribution in [-0.4, -0.2) is 41.6 Å². The Morgan fingerprint density at radius 2 is 1.96 bits per heavy atom. The van der Waals surface area contributed by atoms with Gasteiger partial charge in [0.25, 0.3) is 5.91 Å². The lowest BCUT2D eigenvalue weighted by Crippen LogP contribution is -2.35. The van der Waals surface area contributed by atoms with Crippen molar-refractivity contribution in [1.82, 2.24) is 4.90 Å². The Morgan fingerprint density at radius 1 is 1.19 bits per heavy atom. The Morgan fingerprint density at radius 3 is 2.62 bits per heavy atom. The molecule has 3 rings (SSSR count). The molecule has 0 saturated carbocycles. The van der Waals surface area contributed by atoms with Crippen LogP contribution in [0.1, 0.15) is 33.8 Å². The van der Waals surface area contributed by atoms with Crippen LogP contribution in [0.3, 0.4) is 0 Å². The minimum atomic E-state index is -1.05. The zero-order valence-corrected chi connectivity index (χ0v) is 15.0. The number of hydrogen-bond acceptors (Lipinski definition) is 3. The number of hydrogen-bond donors (Lipinski definition) is 1. The first-order valence-electron chi connectivity index (χ1n) is 8.46. The average Bonchev–Trinajstić information content (AvgIpc) is 3.17. The van der Waals surface area contributed by atoms with Crippen LogP contribution in [-0.2, 0) is 16.1 Å². The largest absolute Gasteiger partial charge is 0.480 e. The van der Waals surface area contributed by atoms with E-state index in [9.17, 15) is 14.7 Å². The zero-order chi connectivity index (χ0) is 18.5. The van der Waals surface area contributed by atoms with E-state index >= 15 is 0 Å². The van der Waals surface area contributed by atoms with Crippen LogP contribution in [0.4, 0.5) is 0 Å². The van der Waals surface area contributed by atoms with E-state index in [2.05, 4.69) is 0 Å². The average molecular weight is 374 g/mol. The molecule has 1 aliphatic rings. The van der Waals surface area contributed by atoms with Gasteiger partial charge in [0.1, 0.15) is 6.54 Å². The number of carboxylic acid groups (broad SMARTS) is 1. The van der Waals surface area contributed by atoms with Gasteiger partial charge >= 0.3 is 5.97 Å². The number of aliphatic carboxylic acids is 1. The topological polar surface area (TPSA) is 66.8 Å². The van der Waals surface area contributed by atoms with Crippen LogP contribution in [0.25, 0.3) is 0 Å². The van der Waals surface area contributed by atoms with Crippen molar-refractivity contribution in [1.29, 1.82) is 0 Å². The summed E-state index contributed by atoms with van der Waals surface area (Å²) in [6.45, 7) is 1.23. The highest BCUT2D eigenvalue weighted by Crippen LogP contribution is 2.26. The predicted molar refractivity (Wildman–Crippen MR) is 98.4 cm³/mol. The molecule has 6 heteroatoms. The third kappa shape index (κ3) is 4.62. The predicted octanol–water partition coefficient (Wildman–Crippen LogP) is 3.57. The molecular weight excluding hydrogens is 354 g/mol. The molecule has 2 aromatic carbocycles. The number of amides is 1. The van der Waals surface area contributed by atoms with Gasteiger partial charge in [-0.3, -0.25) is 9.59 Å². The molecule has 1 fully saturated rings. The molecule has 1 heterocycles. The summed E-state index contributed by atoms with van der Waals surface area (Å²) >= 11 is 5.89. The lowest BCUT2D eigenvalue weighted by Gasteiger charge is -2.21. The molecule has 1 saturated heterocycles. The maximum absolute atomic E-state index is 12.9. The number of rotatable bonds is 6. The van der Waals surface area contributed by atoms with E-state index in [0.717, 1.165) is 24.2 Å². The summed E-state index contributed by atoms with van der Waals surface area (Å²) in [5.41, 5.74) is 2.36. The monoisotopic (exact) mass is 373 g/mol. The Bertz CT molecular complexity index is 785. The van der Waals surface area contributed by atoms with Gasteiger partial charge in [-0.25, -0.2) is 0 Å². The fourth-order valence-electron chi connectivity index (χ4n) is 3.08. The molecule has 0 spiro atoms. The number of ether oxygens (including phenoxy) is 1. The van der Waals surface area contributed by atoms with Crippen molar-refractivity contribution in [3.8, 4) is 0 Å². The molecule has 136 valence electrons. The standard InChI is InChI=1S/C20H20ClNO4/c21-18-6-4-14(5-7-18)11-22(12-19(23)24)20(25)16-3-1-2-15(10-16)17-8-9-26-13-17/h1-7,10,17H,8-9,11-13H2,(H,23,24). The molecule has 26 heavy (non-hydrogen) atoms. The molecule has 5 nitrogen and oxygen atoms in total. The first-order valence-corrected chi connectivity index (χ1v) is 8.84. The summed E-state index contributed by atoms with van der Waals surface area (Å²) < 4.78 is 5.42. The van der Waals surface area contributed by atoms with Gasteiger partial charge < -0.3 is 14.7 Å². The number of benzene rings is 2. The zero-order valence-electron chi connectivity index (χ0n) is 14.2. The molecule has 0 radical (unpaired) electrons. The summed E-state index contributed by atoms with van der Waals surface area (Å²) in [6.07, 6.45) is 0.932. The summed E-state index contributed by atoms with van der Waals surface area (Å²) in [7, 11) is 0. The molecule has 0 aromatic heterocycles. The highest BCUT2D eigenvalue weighted by atomic mass is 35.5. The first kappa shape index (κ1) is 18.4. The lowest BCUT2D eigenvalue weighted by molar-refractivity contribution is -0.137. The molecule has 1 aliphatic heterocycles. The van der Waals surface area contributed by atoms with Gasteiger partial charge in [-0.05, 0) is 41.8 Å². The Balaban J connectivity index is 1.81. The van der Waals surface area contributed by atoms with E-state index in [-0.39, 0.29) is 24.9 Å². The van der Waals surface area contributed by atoms with E-state index < -0.39 is 5.97 Å². The molecule has 1 N–H and O–H groups in total. The third-order valence-corrected chi connectivity index (χ3v) is 4.69. The smallest absolute Gasteiger partial charge is 0.323 e. The number of carbonyl (C=O) groups is 2. The van der Waals surface area contributed by atoms with Crippen LogP contribution in [0.15, 0.2) is 48.5 Å². The second-order valence-corrected chi connectivity index (χ2v) is 6.80. The van der Waals surface area contributed by atoms with Gasteiger partial charge in [0, 0.05) is 29.7 Å². The number of carboxylic acids is 1. The SMILES string of the molecule is O=C(O)CN(Cc1ccc(Cl)cc1)C(=O)c1cccc(C2CCOC2)c1. The third-order valence-electron chi connectivity index (χ3n) is 4.43. The van der Waals surface area contributed by atoms with Gasteiger partial charge in [0.05, 0.1) is 6.61 Å². The molecule has 0 aliphatic carbocycles. The molecule has 1 atom stereocenters. The summed E-state index contributed by atoms with van der Waals surface area (Å²) in [5.74, 6) is -1.07. The Labute approximate surface area is 157 Å². The van der Waals surface area contributed by atoms with Crippen LogP contribution >= 0.6 is 11.6 Å². The van der Waals surface area contributed by atoms with Crippen molar-refractivity contribution >= 4 is 23.5 Å². The van der Waals surface area contributed by atoms with Crippen molar-refractivity contribution in [2.45, 2.75) is 18.9 Å². The fourth-order valence-corrected chi connectivity index (χ4v) is 3.20. The van der Waals surface area contributed by atoms with Crippen LogP contribution in [0, 0.1) is 0 Å². The van der Waals surface area contributed by atoms with Gasteiger partial charge in [0.15, 0.2) is 0 Å². The van der Waals surface area contributed by atoms with Crippen molar-refractivity contribution < 1.29 is 19.4 Å². The maximum Gasteiger partial charge on any atom is 0.323 e. The van der Waals surface area contributed by atoms with Gasteiger partial charge in [-0.15, -0.1) is 0 Å². The molecule has 1 unspecified atom stereocenters. The van der Waals surface area contributed by atoms with E-state index in [1.54, 1.807) is 30.3 Å². The van der Waals surface area contributed by atoms with Crippen LogP contribution in [0.5, 0.6) is 0 Å². The summed E-state index contributed by atoms with van der Waals surface area (Å²) in [4.78, 5) is 25.5. The first-order chi connectivity index (χ1) is 12.5. The van der Waals surface area contributed by atoms with Gasteiger partial charge in [0.2, 0.25) is 0 Å². The van der Waals surface area contributed by atoms with Crippen molar-refractivity contribution in [2.75, 3.05) is 19.8 Å². The van der Waals surface area contributed by atoms with Gasteiger partial charge in [-0.2, -0.15) is 0 Å². The highest BCUT2D eigenvalue weighted by molar-refractivity contribution is 6.30. The second-order valence-electron chi connectivity index (χ2n) is 6.37. The highest BCUT2D eigenvalue weighted by Gasteiger charge is 2.22. The lowest BCUT2D eigenvalue weighted by atomic mass is 9.96. The maximum atomic E-state index is 12.9. The Kier molecular flexibility index (Phi) is 5.91. The van der Waals surface area contributed by atoms with E-state index in [1.807, 2.05) is 18.2 Å². The summed E-state index contributed by atoms with van der Waals surface area (Å²) in [5, 5.41) is 9.79. The number of halogens is 1. The second kappa shape index (κ2) is 8.34. The normalized spacial score (nSPS) is 16.4. The van der Waals surface area contributed by atoms with E-state index in [1.165, 1.54) is 4.90 Å². The molecule has 2 aromatic rings. The van der Waals surface area contributed by atoms with Crippen molar-refractivity contribution in [3.63, 3.8) is 0 Å². The molecule has 0 bridgehead atoms. The Hall–Kier alpha value is -2.37. The van der Waals surface area contributed by atoms with E-state index in [4.69, 9.17) is 16.3 Å². The van der Waals surface area contributed by atoms with Gasteiger partial charge in [-0.1, -0.05) is 35.9 Å². The van der Waals surface area contributed by atoms with E-state index in [0.29, 0.717) is 17.2 Å². The minimum absolute atomic E-state index is 0.207. The molecule has 1 amide bonds. The van der Waals surface area contributed by atoms with Crippen molar-refractivity contribution in [2.24, 2.45) is 0 Å². The van der Waals surface area contributed by atoms with Crippen LogP contribution in [0.2, 0.25) is 5.02 Å². The molecular formula is C20H20ClNO4. The number of carbonyl (C=O) groups excluding carboxylic acids is 1. The fraction of sp³-hybridized carbons (Fsp3) is 0.300. The van der Waals surface area contributed by atoms with Crippen molar-refractivity contribution in [3.05, 3.63) is 70.2 Å². The quantitative estimate of drug-likeness (QED) is 0.840. The minimum Gasteiger partial charge on any atom is -0.480 e. The summed E-state index contributed by atoms with van der Waals surface area (Å²) in [6, 6.07) is 14.4. The number of nitrogens with zero attached hydrogens (tertiary/aromatic N) is 1.